The first kappa shape index (κ1) is 10.7. The first-order chi connectivity index (χ1) is 6.10. The Hall–Kier alpha value is -0.340. The van der Waals surface area contributed by atoms with Crippen LogP contribution in [0.2, 0.25) is 0 Å². The van der Waals surface area contributed by atoms with Crippen LogP contribution in [-0.2, 0) is 15.7 Å². The molecule has 0 aliphatic heterocycles. The molecule has 1 nitrogen and oxygen atoms in total. The molecule has 0 bridgehead atoms. The summed E-state index contributed by atoms with van der Waals surface area (Å²) in [4.78, 5) is 0. The van der Waals surface area contributed by atoms with Crippen LogP contribution in [-0.4, -0.2) is 7.11 Å². The number of rotatable bonds is 3. The van der Waals surface area contributed by atoms with Crippen molar-refractivity contribution in [2.45, 2.75) is 24.8 Å². The lowest BCUT2D eigenvalue weighted by molar-refractivity contribution is 0.0192. The van der Waals surface area contributed by atoms with Gasteiger partial charge in [0.1, 0.15) is 0 Å². The summed E-state index contributed by atoms with van der Waals surface area (Å²) >= 11 is 3.42. The Balaban J connectivity index is 2.92. The lowest BCUT2D eigenvalue weighted by Gasteiger charge is -2.23. The van der Waals surface area contributed by atoms with Crippen LogP contribution < -0.4 is 0 Å². The third-order valence-electron chi connectivity index (χ3n) is 2.31. The highest BCUT2D eigenvalue weighted by molar-refractivity contribution is 9.08. The van der Waals surface area contributed by atoms with E-state index in [0.29, 0.717) is 0 Å². The summed E-state index contributed by atoms with van der Waals surface area (Å²) in [5.74, 6) is 0. The van der Waals surface area contributed by atoms with Gasteiger partial charge in [0, 0.05) is 12.4 Å². The third kappa shape index (κ3) is 2.55. The zero-order valence-corrected chi connectivity index (χ0v) is 9.89. The van der Waals surface area contributed by atoms with E-state index in [1.165, 1.54) is 11.1 Å². The molecule has 0 radical (unpaired) electrons. The SMILES string of the molecule is COC(C)(C)c1ccc(CBr)cc1. The smallest absolute Gasteiger partial charge is 0.0871 e. The van der Waals surface area contributed by atoms with Crippen molar-refractivity contribution < 1.29 is 4.74 Å². The van der Waals surface area contributed by atoms with E-state index in [9.17, 15) is 0 Å². The highest BCUT2D eigenvalue weighted by Gasteiger charge is 2.18. The molecule has 0 saturated heterocycles. The Morgan fingerprint density at radius 2 is 1.77 bits per heavy atom. The highest BCUT2D eigenvalue weighted by Crippen LogP contribution is 2.24. The average Bonchev–Trinajstić information content (AvgIpc) is 2.18. The first-order valence-corrected chi connectivity index (χ1v) is 5.43. The second-order valence-corrected chi connectivity index (χ2v) is 4.11. The molecule has 0 aromatic heterocycles. The van der Waals surface area contributed by atoms with Crippen LogP contribution in [0.3, 0.4) is 0 Å². The summed E-state index contributed by atoms with van der Waals surface area (Å²) in [5, 5.41) is 0.903. The van der Waals surface area contributed by atoms with E-state index >= 15 is 0 Å². The Kier molecular flexibility index (Phi) is 3.51. The van der Waals surface area contributed by atoms with E-state index in [-0.39, 0.29) is 5.60 Å². The van der Waals surface area contributed by atoms with Gasteiger partial charge in [-0.25, -0.2) is 0 Å². The second kappa shape index (κ2) is 4.25. The minimum atomic E-state index is -0.190. The van der Waals surface area contributed by atoms with Gasteiger partial charge in [-0.15, -0.1) is 0 Å². The predicted octanol–water partition coefficient (Wildman–Crippen LogP) is 3.46. The van der Waals surface area contributed by atoms with E-state index < -0.39 is 0 Å². The van der Waals surface area contributed by atoms with E-state index in [0.717, 1.165) is 5.33 Å². The quantitative estimate of drug-likeness (QED) is 0.738. The van der Waals surface area contributed by atoms with Crippen molar-refractivity contribution in [3.05, 3.63) is 35.4 Å². The number of benzene rings is 1. The molecule has 72 valence electrons. The van der Waals surface area contributed by atoms with Gasteiger partial charge in [0.05, 0.1) is 5.60 Å². The standard InChI is InChI=1S/C11H15BrO/c1-11(2,13-3)10-6-4-9(8-12)5-7-10/h4-7H,8H2,1-3H3. The fraction of sp³-hybridized carbons (Fsp3) is 0.455. The van der Waals surface area contributed by atoms with Crippen molar-refractivity contribution in [3.63, 3.8) is 0 Å². The molecule has 1 rings (SSSR count). The van der Waals surface area contributed by atoms with Crippen molar-refractivity contribution in [1.29, 1.82) is 0 Å². The maximum Gasteiger partial charge on any atom is 0.0871 e. The van der Waals surface area contributed by atoms with Crippen LogP contribution in [0.25, 0.3) is 0 Å². The predicted molar refractivity (Wildman–Crippen MR) is 59.1 cm³/mol. The van der Waals surface area contributed by atoms with Crippen LogP contribution in [0.1, 0.15) is 25.0 Å². The molecule has 0 spiro atoms. The summed E-state index contributed by atoms with van der Waals surface area (Å²) < 4.78 is 5.39. The van der Waals surface area contributed by atoms with Gasteiger partial charge in [-0.3, -0.25) is 0 Å². The van der Waals surface area contributed by atoms with Crippen LogP contribution in [0.15, 0.2) is 24.3 Å². The Morgan fingerprint density at radius 3 is 2.15 bits per heavy atom. The largest absolute Gasteiger partial charge is 0.374 e. The zero-order valence-electron chi connectivity index (χ0n) is 8.30. The van der Waals surface area contributed by atoms with Gasteiger partial charge in [0.25, 0.3) is 0 Å². The highest BCUT2D eigenvalue weighted by atomic mass is 79.9. The molecule has 0 fully saturated rings. The van der Waals surface area contributed by atoms with Gasteiger partial charge in [-0.1, -0.05) is 40.2 Å². The van der Waals surface area contributed by atoms with Crippen molar-refractivity contribution in [2.75, 3.05) is 7.11 Å². The van der Waals surface area contributed by atoms with Gasteiger partial charge < -0.3 is 4.74 Å². The molecular formula is C11H15BrO. The summed E-state index contributed by atoms with van der Waals surface area (Å²) in [7, 11) is 1.73. The Labute approximate surface area is 88.2 Å². The maximum absolute atomic E-state index is 5.39. The molecule has 13 heavy (non-hydrogen) atoms. The van der Waals surface area contributed by atoms with Gasteiger partial charge in [0.2, 0.25) is 0 Å². The van der Waals surface area contributed by atoms with E-state index in [4.69, 9.17) is 4.74 Å². The summed E-state index contributed by atoms with van der Waals surface area (Å²) in [6.45, 7) is 4.13. The molecule has 0 amide bonds. The molecule has 0 atom stereocenters. The van der Waals surface area contributed by atoms with Crippen molar-refractivity contribution in [2.24, 2.45) is 0 Å². The molecule has 2 heteroatoms. The topological polar surface area (TPSA) is 9.23 Å². The molecule has 0 N–H and O–H groups in total. The lowest BCUT2D eigenvalue weighted by atomic mass is 9.97. The number of hydrogen-bond acceptors (Lipinski definition) is 1. The van der Waals surface area contributed by atoms with Gasteiger partial charge in [0.15, 0.2) is 0 Å². The average molecular weight is 243 g/mol. The third-order valence-corrected chi connectivity index (χ3v) is 2.96. The Bertz CT molecular complexity index is 264. The van der Waals surface area contributed by atoms with Crippen molar-refractivity contribution >= 4 is 15.9 Å². The van der Waals surface area contributed by atoms with Crippen LogP contribution in [0.4, 0.5) is 0 Å². The normalized spacial score (nSPS) is 11.7. The lowest BCUT2D eigenvalue weighted by Crippen LogP contribution is -2.19. The molecule has 0 unspecified atom stereocenters. The molecular weight excluding hydrogens is 228 g/mol. The summed E-state index contributed by atoms with van der Waals surface area (Å²) in [5.41, 5.74) is 2.31. The number of halogens is 1. The molecule has 0 saturated carbocycles. The van der Waals surface area contributed by atoms with Crippen LogP contribution in [0, 0.1) is 0 Å². The number of ether oxygens (including phenoxy) is 1. The van der Waals surface area contributed by atoms with E-state index in [1.807, 2.05) is 0 Å². The van der Waals surface area contributed by atoms with Crippen LogP contribution in [0.5, 0.6) is 0 Å². The molecule has 1 aromatic rings. The molecule has 1 aromatic carbocycles. The number of alkyl halides is 1. The van der Waals surface area contributed by atoms with Gasteiger partial charge in [-0.2, -0.15) is 0 Å². The Morgan fingerprint density at radius 1 is 1.23 bits per heavy atom. The fourth-order valence-corrected chi connectivity index (χ4v) is 1.49. The van der Waals surface area contributed by atoms with Crippen molar-refractivity contribution in [3.8, 4) is 0 Å². The fourth-order valence-electron chi connectivity index (χ4n) is 1.11. The molecule has 0 aliphatic carbocycles. The minimum absolute atomic E-state index is 0.190. The minimum Gasteiger partial charge on any atom is -0.374 e. The summed E-state index contributed by atoms with van der Waals surface area (Å²) in [6.07, 6.45) is 0. The second-order valence-electron chi connectivity index (χ2n) is 3.54. The van der Waals surface area contributed by atoms with Gasteiger partial charge in [-0.05, 0) is 25.0 Å². The first-order valence-electron chi connectivity index (χ1n) is 4.30. The maximum atomic E-state index is 5.39. The van der Waals surface area contributed by atoms with Crippen LogP contribution >= 0.6 is 15.9 Å². The van der Waals surface area contributed by atoms with Crippen molar-refractivity contribution in [1.82, 2.24) is 0 Å². The summed E-state index contributed by atoms with van der Waals surface area (Å²) in [6, 6.07) is 8.45. The molecule has 0 heterocycles. The number of methoxy groups -OCH3 is 1. The van der Waals surface area contributed by atoms with Gasteiger partial charge >= 0.3 is 0 Å². The monoisotopic (exact) mass is 242 g/mol. The molecule has 0 aliphatic rings. The zero-order chi connectivity index (χ0) is 9.90. The van der Waals surface area contributed by atoms with E-state index in [1.54, 1.807) is 7.11 Å². The van der Waals surface area contributed by atoms with E-state index in [2.05, 4.69) is 54.0 Å². The number of hydrogen-bond donors (Lipinski definition) is 0.